The third-order valence-corrected chi connectivity index (χ3v) is 5.70. The summed E-state index contributed by atoms with van der Waals surface area (Å²) in [4.78, 5) is 4.87. The number of hydrogen-bond acceptors (Lipinski definition) is 4. The minimum Gasteiger partial charge on any atom is -0.379 e. The van der Waals surface area contributed by atoms with E-state index < -0.39 is 11.6 Å². The highest BCUT2D eigenvalue weighted by Crippen LogP contribution is 2.33. The van der Waals surface area contributed by atoms with Crippen LogP contribution in [0, 0.1) is 25.5 Å². The SMILES string of the molecule is Cc1noc(C)c1-c1ccc2c(c1)nc(Cc1ccc(F)c(F)c1)n2C1CCOC1. The Hall–Kier alpha value is -3.06. The average molecular weight is 409 g/mol. The van der Waals surface area contributed by atoms with Gasteiger partial charge in [0.25, 0.3) is 0 Å². The summed E-state index contributed by atoms with van der Waals surface area (Å²) in [6, 6.07) is 10.3. The molecule has 1 atom stereocenters. The van der Waals surface area contributed by atoms with Crippen molar-refractivity contribution in [2.75, 3.05) is 13.2 Å². The van der Waals surface area contributed by atoms with E-state index in [4.69, 9.17) is 14.2 Å². The van der Waals surface area contributed by atoms with Gasteiger partial charge in [-0.3, -0.25) is 0 Å². The zero-order chi connectivity index (χ0) is 20.8. The van der Waals surface area contributed by atoms with Crippen molar-refractivity contribution >= 4 is 11.0 Å². The van der Waals surface area contributed by atoms with E-state index in [1.807, 2.05) is 26.0 Å². The predicted octanol–water partition coefficient (Wildman–Crippen LogP) is 5.14. The first-order chi connectivity index (χ1) is 14.5. The Labute approximate surface area is 172 Å². The normalized spacial score (nSPS) is 16.6. The molecular formula is C23H21F2N3O2. The molecule has 7 heteroatoms. The molecular weight excluding hydrogens is 388 g/mol. The number of halogens is 2. The quantitative estimate of drug-likeness (QED) is 0.468. The van der Waals surface area contributed by atoms with Crippen LogP contribution in [-0.4, -0.2) is 27.9 Å². The molecule has 2 aromatic heterocycles. The molecule has 0 amide bonds. The molecule has 0 saturated carbocycles. The predicted molar refractivity (Wildman–Crippen MR) is 108 cm³/mol. The smallest absolute Gasteiger partial charge is 0.159 e. The molecule has 30 heavy (non-hydrogen) atoms. The lowest BCUT2D eigenvalue weighted by atomic mass is 10.0. The fourth-order valence-electron chi connectivity index (χ4n) is 4.29. The topological polar surface area (TPSA) is 53.1 Å². The molecule has 5 rings (SSSR count). The summed E-state index contributed by atoms with van der Waals surface area (Å²) in [6.07, 6.45) is 1.30. The molecule has 2 aromatic carbocycles. The Morgan fingerprint density at radius 3 is 2.67 bits per heavy atom. The second-order valence-electron chi connectivity index (χ2n) is 7.74. The summed E-state index contributed by atoms with van der Waals surface area (Å²) in [5, 5.41) is 4.05. The number of benzene rings is 2. The Morgan fingerprint density at radius 2 is 1.97 bits per heavy atom. The Morgan fingerprint density at radius 1 is 1.10 bits per heavy atom. The number of imidazole rings is 1. The van der Waals surface area contributed by atoms with E-state index in [-0.39, 0.29) is 6.04 Å². The fourth-order valence-corrected chi connectivity index (χ4v) is 4.29. The van der Waals surface area contributed by atoms with Crippen LogP contribution in [0.3, 0.4) is 0 Å². The van der Waals surface area contributed by atoms with Gasteiger partial charge in [-0.1, -0.05) is 17.3 Å². The van der Waals surface area contributed by atoms with Crippen molar-refractivity contribution in [2.24, 2.45) is 0 Å². The molecule has 4 aromatic rings. The monoisotopic (exact) mass is 409 g/mol. The molecule has 0 aliphatic carbocycles. The molecule has 0 bridgehead atoms. The van der Waals surface area contributed by atoms with Gasteiger partial charge < -0.3 is 13.8 Å². The first kappa shape index (κ1) is 18.9. The van der Waals surface area contributed by atoms with Crippen molar-refractivity contribution < 1.29 is 18.0 Å². The maximum atomic E-state index is 13.7. The summed E-state index contributed by atoms with van der Waals surface area (Å²) < 4.78 is 40.2. The zero-order valence-corrected chi connectivity index (χ0v) is 16.8. The van der Waals surface area contributed by atoms with Gasteiger partial charge in [-0.25, -0.2) is 13.8 Å². The first-order valence-electron chi connectivity index (χ1n) is 9.97. The highest BCUT2D eigenvalue weighted by molar-refractivity contribution is 5.83. The van der Waals surface area contributed by atoms with E-state index in [0.29, 0.717) is 25.2 Å². The summed E-state index contributed by atoms with van der Waals surface area (Å²) in [6.45, 7) is 5.12. The van der Waals surface area contributed by atoms with Crippen LogP contribution >= 0.6 is 0 Å². The van der Waals surface area contributed by atoms with E-state index in [1.165, 1.54) is 6.07 Å². The van der Waals surface area contributed by atoms with Gasteiger partial charge in [0, 0.05) is 18.6 Å². The van der Waals surface area contributed by atoms with Gasteiger partial charge in [0.2, 0.25) is 0 Å². The summed E-state index contributed by atoms with van der Waals surface area (Å²) in [5.41, 5.74) is 5.31. The van der Waals surface area contributed by atoms with Gasteiger partial charge in [0.1, 0.15) is 11.6 Å². The van der Waals surface area contributed by atoms with Crippen LogP contribution in [0.4, 0.5) is 8.78 Å². The molecule has 1 fully saturated rings. The lowest BCUT2D eigenvalue weighted by molar-refractivity contribution is 0.186. The number of hydrogen-bond donors (Lipinski definition) is 0. The Bertz CT molecular complexity index is 1220. The number of aromatic nitrogens is 3. The fraction of sp³-hybridized carbons (Fsp3) is 0.304. The molecule has 0 spiro atoms. The largest absolute Gasteiger partial charge is 0.379 e. The van der Waals surface area contributed by atoms with E-state index in [9.17, 15) is 8.78 Å². The van der Waals surface area contributed by atoms with Gasteiger partial charge in [0.15, 0.2) is 11.6 Å². The molecule has 1 aliphatic rings. The number of ether oxygens (including phenoxy) is 1. The number of rotatable bonds is 4. The molecule has 1 aliphatic heterocycles. The minimum absolute atomic E-state index is 0.167. The van der Waals surface area contributed by atoms with Crippen LogP contribution in [0.25, 0.3) is 22.2 Å². The van der Waals surface area contributed by atoms with E-state index in [1.54, 1.807) is 6.07 Å². The van der Waals surface area contributed by atoms with Crippen LogP contribution in [0.2, 0.25) is 0 Å². The minimum atomic E-state index is -0.847. The molecule has 1 unspecified atom stereocenters. The Balaban J connectivity index is 1.62. The molecule has 154 valence electrons. The van der Waals surface area contributed by atoms with Crippen LogP contribution in [-0.2, 0) is 11.2 Å². The van der Waals surface area contributed by atoms with Gasteiger partial charge in [-0.2, -0.15) is 0 Å². The van der Waals surface area contributed by atoms with Crippen LogP contribution in [0.15, 0.2) is 40.9 Å². The highest BCUT2D eigenvalue weighted by atomic mass is 19.2. The van der Waals surface area contributed by atoms with Crippen molar-refractivity contribution in [1.82, 2.24) is 14.7 Å². The van der Waals surface area contributed by atoms with Crippen molar-refractivity contribution in [3.8, 4) is 11.1 Å². The van der Waals surface area contributed by atoms with Crippen molar-refractivity contribution in [2.45, 2.75) is 32.7 Å². The molecule has 1 saturated heterocycles. The lowest BCUT2D eigenvalue weighted by Crippen LogP contribution is -2.13. The number of nitrogens with zero attached hydrogens (tertiary/aromatic N) is 3. The number of aryl methyl sites for hydroxylation is 2. The highest BCUT2D eigenvalue weighted by Gasteiger charge is 2.24. The molecule has 5 nitrogen and oxygen atoms in total. The Kier molecular flexibility index (Phi) is 4.62. The third-order valence-electron chi connectivity index (χ3n) is 5.70. The maximum Gasteiger partial charge on any atom is 0.159 e. The van der Waals surface area contributed by atoms with Crippen molar-refractivity contribution in [3.63, 3.8) is 0 Å². The van der Waals surface area contributed by atoms with Gasteiger partial charge in [-0.15, -0.1) is 0 Å². The van der Waals surface area contributed by atoms with Crippen molar-refractivity contribution in [3.05, 3.63) is 70.9 Å². The standard InChI is InChI=1S/C23H21F2N3O2/c1-13-23(14(2)30-27-13)16-4-6-21-20(11-16)26-22(28(21)17-7-8-29-12-17)10-15-3-5-18(24)19(25)9-15/h3-6,9,11,17H,7-8,10,12H2,1-2H3. The lowest BCUT2D eigenvalue weighted by Gasteiger charge is -2.15. The van der Waals surface area contributed by atoms with Crippen LogP contribution < -0.4 is 0 Å². The second kappa shape index (κ2) is 7.32. The van der Waals surface area contributed by atoms with E-state index in [2.05, 4.69) is 15.8 Å². The average Bonchev–Trinajstić information content (AvgIpc) is 3.43. The molecule has 0 radical (unpaired) electrons. The van der Waals surface area contributed by atoms with E-state index >= 15 is 0 Å². The van der Waals surface area contributed by atoms with Crippen molar-refractivity contribution in [1.29, 1.82) is 0 Å². The summed E-state index contributed by atoms with van der Waals surface area (Å²) in [7, 11) is 0. The van der Waals surface area contributed by atoms with Crippen LogP contribution in [0.5, 0.6) is 0 Å². The maximum absolute atomic E-state index is 13.7. The van der Waals surface area contributed by atoms with Gasteiger partial charge in [0.05, 0.1) is 29.4 Å². The number of fused-ring (bicyclic) bond motifs is 1. The van der Waals surface area contributed by atoms with Gasteiger partial charge in [-0.05, 0) is 55.7 Å². The van der Waals surface area contributed by atoms with Crippen LogP contribution in [0.1, 0.15) is 35.3 Å². The van der Waals surface area contributed by atoms with E-state index in [0.717, 1.165) is 51.9 Å². The third kappa shape index (κ3) is 3.19. The molecule has 3 heterocycles. The van der Waals surface area contributed by atoms with Gasteiger partial charge >= 0.3 is 0 Å². The zero-order valence-electron chi connectivity index (χ0n) is 16.8. The summed E-state index contributed by atoms with van der Waals surface area (Å²) in [5.74, 6) is -0.125. The summed E-state index contributed by atoms with van der Waals surface area (Å²) >= 11 is 0. The molecule has 0 N–H and O–H groups in total. The second-order valence-corrected chi connectivity index (χ2v) is 7.74. The first-order valence-corrected chi connectivity index (χ1v) is 9.97.